The Morgan fingerprint density at radius 3 is 2.52 bits per heavy atom. The van der Waals surface area contributed by atoms with Gasteiger partial charge in [0, 0.05) is 43.3 Å². The molecule has 0 unspecified atom stereocenters. The molecule has 0 aliphatic rings. The van der Waals surface area contributed by atoms with E-state index in [1.165, 1.54) is 0 Å². The number of anilines is 1. The topological polar surface area (TPSA) is 118 Å². The van der Waals surface area contributed by atoms with E-state index in [1.54, 1.807) is 18.6 Å². The van der Waals surface area contributed by atoms with Gasteiger partial charge in [0.25, 0.3) is 0 Å². The summed E-state index contributed by atoms with van der Waals surface area (Å²) < 4.78 is 0. The first-order valence-corrected chi connectivity index (χ1v) is 9.49. The molecule has 4 N–H and O–H groups in total. The van der Waals surface area contributed by atoms with E-state index in [0.29, 0.717) is 18.8 Å². The van der Waals surface area contributed by atoms with E-state index in [2.05, 4.69) is 20.3 Å². The van der Waals surface area contributed by atoms with Gasteiger partial charge in [-0.05, 0) is 35.6 Å². The SMILES string of the molecule is N=C(N)CC(=O)CCc1cccc(-c2cnc(NCCc3cccnc3)nc2)c1. The second-order valence-electron chi connectivity index (χ2n) is 6.77. The molecular formula is C22H24N6O. The van der Waals surface area contributed by atoms with Crippen LogP contribution in [0.2, 0.25) is 0 Å². The molecule has 0 fully saturated rings. The number of amidine groups is 1. The van der Waals surface area contributed by atoms with E-state index in [4.69, 9.17) is 11.1 Å². The molecule has 29 heavy (non-hydrogen) atoms. The minimum atomic E-state index is -0.0879. The Labute approximate surface area is 169 Å². The summed E-state index contributed by atoms with van der Waals surface area (Å²) in [6.45, 7) is 0.731. The minimum absolute atomic E-state index is 0.0166. The summed E-state index contributed by atoms with van der Waals surface area (Å²) in [5.41, 5.74) is 9.41. The van der Waals surface area contributed by atoms with Crippen LogP contribution in [-0.4, -0.2) is 33.1 Å². The van der Waals surface area contributed by atoms with Crippen molar-refractivity contribution in [3.8, 4) is 11.1 Å². The third kappa shape index (κ3) is 6.49. The highest BCUT2D eigenvalue weighted by atomic mass is 16.1. The number of carbonyl (C=O) groups excluding carboxylic acids is 1. The standard InChI is InChI=1S/C22H24N6O/c23-21(24)12-20(29)7-6-16-3-1-5-18(11-16)19-14-27-22(28-15-19)26-10-8-17-4-2-9-25-13-17/h1-5,9,11,13-15H,6-8,10,12H2,(H3,23,24)(H,26,27,28). The van der Waals surface area contributed by atoms with Crippen LogP contribution in [0.15, 0.2) is 61.2 Å². The third-order valence-electron chi connectivity index (χ3n) is 4.41. The minimum Gasteiger partial charge on any atom is -0.387 e. The first-order valence-electron chi connectivity index (χ1n) is 9.49. The summed E-state index contributed by atoms with van der Waals surface area (Å²) in [5, 5.41) is 10.4. The van der Waals surface area contributed by atoms with Crippen molar-refractivity contribution >= 4 is 17.6 Å². The average molecular weight is 388 g/mol. The highest BCUT2D eigenvalue weighted by Crippen LogP contribution is 2.20. The van der Waals surface area contributed by atoms with Crippen molar-refractivity contribution < 1.29 is 4.79 Å². The maximum Gasteiger partial charge on any atom is 0.222 e. The molecule has 3 rings (SSSR count). The molecule has 148 valence electrons. The summed E-state index contributed by atoms with van der Waals surface area (Å²) in [6, 6.07) is 11.9. The van der Waals surface area contributed by atoms with E-state index in [1.807, 2.05) is 42.6 Å². The fourth-order valence-electron chi connectivity index (χ4n) is 2.92. The maximum absolute atomic E-state index is 11.7. The van der Waals surface area contributed by atoms with Gasteiger partial charge in [0.15, 0.2) is 0 Å². The quantitative estimate of drug-likeness (QED) is 0.363. The highest BCUT2D eigenvalue weighted by molar-refractivity contribution is 5.98. The number of aryl methyl sites for hydroxylation is 1. The largest absolute Gasteiger partial charge is 0.387 e. The van der Waals surface area contributed by atoms with Gasteiger partial charge >= 0.3 is 0 Å². The summed E-state index contributed by atoms with van der Waals surface area (Å²) in [5.74, 6) is 0.478. The number of pyridine rings is 1. The normalized spacial score (nSPS) is 10.5. The van der Waals surface area contributed by atoms with Crippen LogP contribution < -0.4 is 11.1 Å². The smallest absolute Gasteiger partial charge is 0.222 e. The number of ketones is 1. The molecule has 0 aliphatic carbocycles. The Kier molecular flexibility index (Phi) is 7.00. The molecule has 7 nitrogen and oxygen atoms in total. The lowest BCUT2D eigenvalue weighted by atomic mass is 10.0. The number of nitrogens with zero attached hydrogens (tertiary/aromatic N) is 3. The number of hydrogen-bond acceptors (Lipinski definition) is 6. The van der Waals surface area contributed by atoms with E-state index in [-0.39, 0.29) is 18.0 Å². The van der Waals surface area contributed by atoms with Crippen LogP contribution in [0.25, 0.3) is 11.1 Å². The van der Waals surface area contributed by atoms with Gasteiger partial charge in [0.05, 0.1) is 12.3 Å². The summed E-state index contributed by atoms with van der Waals surface area (Å²) in [6.07, 6.45) is 9.06. The van der Waals surface area contributed by atoms with Crippen molar-refractivity contribution in [3.05, 3.63) is 72.3 Å². The predicted molar refractivity (Wildman–Crippen MR) is 114 cm³/mol. The van der Waals surface area contributed by atoms with Crippen molar-refractivity contribution in [2.75, 3.05) is 11.9 Å². The number of carbonyl (C=O) groups is 1. The van der Waals surface area contributed by atoms with E-state index in [0.717, 1.165) is 35.2 Å². The summed E-state index contributed by atoms with van der Waals surface area (Å²) >= 11 is 0. The van der Waals surface area contributed by atoms with Gasteiger partial charge in [-0.25, -0.2) is 9.97 Å². The van der Waals surface area contributed by atoms with Crippen molar-refractivity contribution in [2.24, 2.45) is 5.73 Å². The lowest BCUT2D eigenvalue weighted by molar-refractivity contribution is -0.117. The molecular weight excluding hydrogens is 364 g/mol. The maximum atomic E-state index is 11.7. The van der Waals surface area contributed by atoms with Crippen LogP contribution >= 0.6 is 0 Å². The summed E-state index contributed by atoms with van der Waals surface area (Å²) in [7, 11) is 0. The van der Waals surface area contributed by atoms with E-state index < -0.39 is 0 Å². The lowest BCUT2D eigenvalue weighted by Crippen LogP contribution is -2.15. The van der Waals surface area contributed by atoms with Crippen LogP contribution in [0.3, 0.4) is 0 Å². The van der Waals surface area contributed by atoms with E-state index in [9.17, 15) is 4.79 Å². The third-order valence-corrected chi connectivity index (χ3v) is 4.41. The van der Waals surface area contributed by atoms with Gasteiger partial charge in [-0.1, -0.05) is 30.3 Å². The Hall–Kier alpha value is -3.61. The number of Topliss-reactive ketones (excluding diaryl/α,β-unsaturated/α-hetero) is 1. The number of nitrogens with two attached hydrogens (primary N) is 1. The Morgan fingerprint density at radius 2 is 1.79 bits per heavy atom. The molecule has 1 aromatic carbocycles. The van der Waals surface area contributed by atoms with Crippen LogP contribution in [0, 0.1) is 5.41 Å². The zero-order valence-corrected chi connectivity index (χ0v) is 16.1. The number of hydrogen-bond donors (Lipinski definition) is 3. The molecule has 0 spiro atoms. The molecule has 0 atom stereocenters. The molecule has 0 saturated carbocycles. The molecule has 7 heteroatoms. The van der Waals surface area contributed by atoms with Crippen LogP contribution in [0.4, 0.5) is 5.95 Å². The number of aromatic nitrogens is 3. The monoisotopic (exact) mass is 388 g/mol. The molecule has 3 aromatic rings. The fourth-order valence-corrected chi connectivity index (χ4v) is 2.92. The van der Waals surface area contributed by atoms with Crippen molar-refractivity contribution in [1.29, 1.82) is 5.41 Å². The molecule has 0 aliphatic heterocycles. The van der Waals surface area contributed by atoms with Crippen molar-refractivity contribution in [3.63, 3.8) is 0 Å². The molecule has 2 heterocycles. The second-order valence-corrected chi connectivity index (χ2v) is 6.77. The zero-order valence-electron chi connectivity index (χ0n) is 16.1. The number of rotatable bonds is 10. The molecule has 0 radical (unpaired) electrons. The molecule has 2 aromatic heterocycles. The van der Waals surface area contributed by atoms with Crippen LogP contribution in [-0.2, 0) is 17.6 Å². The number of nitrogens with one attached hydrogen (secondary N) is 2. The van der Waals surface area contributed by atoms with Crippen LogP contribution in [0.1, 0.15) is 24.0 Å². The van der Waals surface area contributed by atoms with Gasteiger partial charge in [-0.3, -0.25) is 15.2 Å². The Balaban J connectivity index is 1.55. The van der Waals surface area contributed by atoms with Crippen molar-refractivity contribution in [2.45, 2.75) is 25.7 Å². The molecule has 0 bridgehead atoms. The first kappa shape index (κ1) is 20.1. The number of benzene rings is 1. The lowest BCUT2D eigenvalue weighted by Gasteiger charge is -2.07. The van der Waals surface area contributed by atoms with Crippen LogP contribution in [0.5, 0.6) is 0 Å². The Morgan fingerprint density at radius 1 is 1.00 bits per heavy atom. The molecule has 0 amide bonds. The second kappa shape index (κ2) is 10.1. The van der Waals surface area contributed by atoms with Gasteiger partial charge in [0.1, 0.15) is 5.78 Å². The Bertz CT molecular complexity index is 957. The van der Waals surface area contributed by atoms with Gasteiger partial charge in [-0.15, -0.1) is 0 Å². The van der Waals surface area contributed by atoms with Gasteiger partial charge in [-0.2, -0.15) is 0 Å². The fraction of sp³-hybridized carbons (Fsp3) is 0.227. The van der Waals surface area contributed by atoms with Crippen molar-refractivity contribution in [1.82, 2.24) is 15.0 Å². The van der Waals surface area contributed by atoms with Gasteiger partial charge < -0.3 is 11.1 Å². The highest BCUT2D eigenvalue weighted by Gasteiger charge is 2.06. The van der Waals surface area contributed by atoms with Gasteiger partial charge in [0.2, 0.25) is 5.95 Å². The summed E-state index contributed by atoms with van der Waals surface area (Å²) in [4.78, 5) is 24.6. The zero-order chi connectivity index (χ0) is 20.5. The predicted octanol–water partition coefficient (Wildman–Crippen LogP) is 3.02. The van der Waals surface area contributed by atoms with E-state index >= 15 is 0 Å². The first-order chi connectivity index (χ1) is 14.1. The molecule has 0 saturated heterocycles. The average Bonchev–Trinajstić information content (AvgIpc) is 2.73.